The van der Waals surface area contributed by atoms with Gasteiger partial charge in [0, 0.05) is 4.88 Å². The summed E-state index contributed by atoms with van der Waals surface area (Å²) in [6.45, 7) is 2.10. The summed E-state index contributed by atoms with van der Waals surface area (Å²) in [7, 11) is 1.58. The standard InChI is InChI=1S/C12H12N4OS2/c1-7(8-4-3-5-19-8)16-10-9(15-12(16)18)11(17-2)14-6-13-10/h3-7H,1-2H3,(H,15,18). The van der Waals surface area contributed by atoms with Gasteiger partial charge in [-0.25, -0.2) is 4.98 Å². The summed E-state index contributed by atoms with van der Waals surface area (Å²) in [4.78, 5) is 12.8. The summed E-state index contributed by atoms with van der Waals surface area (Å²) in [6.07, 6.45) is 1.49. The minimum atomic E-state index is 0.126. The van der Waals surface area contributed by atoms with Crippen molar-refractivity contribution in [1.29, 1.82) is 0 Å². The lowest BCUT2D eigenvalue weighted by atomic mass is 10.3. The zero-order chi connectivity index (χ0) is 13.4. The van der Waals surface area contributed by atoms with Crippen molar-refractivity contribution >= 4 is 34.7 Å². The molecule has 3 aromatic rings. The van der Waals surface area contributed by atoms with E-state index in [-0.39, 0.29) is 6.04 Å². The maximum absolute atomic E-state index is 5.40. The van der Waals surface area contributed by atoms with Crippen LogP contribution in [0.25, 0.3) is 11.2 Å². The number of thiophene rings is 1. The van der Waals surface area contributed by atoms with Crippen LogP contribution in [0.1, 0.15) is 17.8 Å². The van der Waals surface area contributed by atoms with Gasteiger partial charge in [0.15, 0.2) is 10.4 Å². The molecule has 0 spiro atoms. The minimum Gasteiger partial charge on any atom is -0.479 e. The van der Waals surface area contributed by atoms with Crippen LogP contribution in [-0.2, 0) is 0 Å². The summed E-state index contributed by atoms with van der Waals surface area (Å²) < 4.78 is 7.83. The van der Waals surface area contributed by atoms with Crippen LogP contribution >= 0.6 is 23.6 Å². The number of hydrogen-bond donors (Lipinski definition) is 1. The molecule has 3 heterocycles. The molecule has 0 saturated heterocycles. The van der Waals surface area contributed by atoms with Crippen LogP contribution < -0.4 is 4.74 Å². The van der Waals surface area contributed by atoms with E-state index in [0.29, 0.717) is 10.7 Å². The van der Waals surface area contributed by atoms with Crippen molar-refractivity contribution < 1.29 is 4.74 Å². The number of rotatable bonds is 3. The minimum absolute atomic E-state index is 0.126. The summed E-state index contributed by atoms with van der Waals surface area (Å²) >= 11 is 7.10. The Kier molecular flexibility index (Phi) is 3.08. The number of hydrogen-bond acceptors (Lipinski definition) is 5. The van der Waals surface area contributed by atoms with Crippen LogP contribution in [0.3, 0.4) is 0 Å². The van der Waals surface area contributed by atoms with Gasteiger partial charge < -0.3 is 9.72 Å². The van der Waals surface area contributed by atoms with E-state index in [2.05, 4.69) is 33.3 Å². The number of fused-ring (bicyclic) bond motifs is 1. The highest BCUT2D eigenvalue weighted by Crippen LogP contribution is 2.28. The van der Waals surface area contributed by atoms with Crippen LogP contribution in [0.2, 0.25) is 0 Å². The molecule has 1 atom stereocenters. The zero-order valence-electron chi connectivity index (χ0n) is 10.5. The Morgan fingerprint density at radius 1 is 1.47 bits per heavy atom. The van der Waals surface area contributed by atoms with Gasteiger partial charge in [0.2, 0.25) is 5.88 Å². The first-order chi connectivity index (χ1) is 9.22. The van der Waals surface area contributed by atoms with Gasteiger partial charge in [0.05, 0.1) is 13.2 Å². The van der Waals surface area contributed by atoms with Crippen molar-refractivity contribution in [3.05, 3.63) is 33.5 Å². The number of nitrogens with zero attached hydrogens (tertiary/aromatic N) is 3. The van der Waals surface area contributed by atoms with Crippen LogP contribution in [0, 0.1) is 4.77 Å². The van der Waals surface area contributed by atoms with Crippen molar-refractivity contribution in [3.63, 3.8) is 0 Å². The summed E-state index contributed by atoms with van der Waals surface area (Å²) in [5, 5.41) is 2.06. The zero-order valence-corrected chi connectivity index (χ0v) is 12.1. The molecule has 3 rings (SSSR count). The molecule has 0 aliphatic rings. The molecule has 0 aromatic carbocycles. The largest absolute Gasteiger partial charge is 0.479 e. The van der Waals surface area contributed by atoms with E-state index in [1.165, 1.54) is 11.2 Å². The van der Waals surface area contributed by atoms with Gasteiger partial charge in [0.1, 0.15) is 11.8 Å². The maximum atomic E-state index is 5.40. The van der Waals surface area contributed by atoms with Gasteiger partial charge >= 0.3 is 0 Å². The molecule has 0 amide bonds. The van der Waals surface area contributed by atoms with Crippen LogP contribution in [-0.4, -0.2) is 26.6 Å². The predicted molar refractivity (Wildman–Crippen MR) is 77.4 cm³/mol. The molecule has 1 unspecified atom stereocenters. The summed E-state index contributed by atoms with van der Waals surface area (Å²) in [6, 6.07) is 4.25. The van der Waals surface area contributed by atoms with Crippen molar-refractivity contribution in [2.45, 2.75) is 13.0 Å². The summed E-state index contributed by atoms with van der Waals surface area (Å²) in [5.41, 5.74) is 1.50. The Balaban J connectivity index is 2.24. The Bertz CT molecular complexity index is 760. The maximum Gasteiger partial charge on any atom is 0.242 e. The molecule has 5 nitrogen and oxygen atoms in total. The van der Waals surface area contributed by atoms with Crippen LogP contribution in [0.15, 0.2) is 23.8 Å². The van der Waals surface area contributed by atoms with Gasteiger partial charge in [0.25, 0.3) is 0 Å². The number of aromatic amines is 1. The van der Waals surface area contributed by atoms with E-state index in [0.717, 1.165) is 11.2 Å². The second kappa shape index (κ2) is 4.75. The molecule has 98 valence electrons. The van der Waals surface area contributed by atoms with E-state index < -0.39 is 0 Å². The second-order valence-corrected chi connectivity index (χ2v) is 5.44. The molecule has 0 aliphatic heterocycles. The average Bonchev–Trinajstić information content (AvgIpc) is 3.04. The first kappa shape index (κ1) is 12.3. The Morgan fingerprint density at radius 3 is 3.00 bits per heavy atom. The number of nitrogens with one attached hydrogen (secondary N) is 1. The number of ether oxygens (including phenoxy) is 1. The van der Waals surface area contributed by atoms with Crippen molar-refractivity contribution in [1.82, 2.24) is 19.5 Å². The smallest absolute Gasteiger partial charge is 0.242 e. The van der Waals surface area contributed by atoms with Crippen molar-refractivity contribution in [2.24, 2.45) is 0 Å². The van der Waals surface area contributed by atoms with Crippen molar-refractivity contribution in [3.8, 4) is 5.88 Å². The molecule has 7 heteroatoms. The third-order valence-electron chi connectivity index (χ3n) is 3.01. The Morgan fingerprint density at radius 2 is 2.32 bits per heavy atom. The number of H-pyrrole nitrogens is 1. The highest BCUT2D eigenvalue weighted by atomic mass is 32.1. The molecule has 0 saturated carbocycles. The Hall–Kier alpha value is -1.73. The molecule has 0 bridgehead atoms. The van der Waals surface area contributed by atoms with Gasteiger partial charge in [-0.3, -0.25) is 4.57 Å². The van der Waals surface area contributed by atoms with E-state index >= 15 is 0 Å². The van der Waals surface area contributed by atoms with Crippen LogP contribution in [0.5, 0.6) is 5.88 Å². The lowest BCUT2D eigenvalue weighted by Crippen LogP contribution is -2.06. The van der Waals surface area contributed by atoms with E-state index in [1.807, 2.05) is 10.6 Å². The quantitative estimate of drug-likeness (QED) is 0.753. The first-order valence-corrected chi connectivity index (χ1v) is 7.03. The normalized spacial score (nSPS) is 12.7. The average molecular weight is 292 g/mol. The SMILES string of the molecule is COc1ncnc2c1[nH]c(=S)n2C(C)c1cccs1. The number of imidazole rings is 1. The third-order valence-corrected chi connectivity index (χ3v) is 4.35. The first-order valence-electron chi connectivity index (χ1n) is 5.75. The number of methoxy groups -OCH3 is 1. The molecule has 0 radical (unpaired) electrons. The monoisotopic (exact) mass is 292 g/mol. The van der Waals surface area contributed by atoms with Gasteiger partial charge in [-0.15, -0.1) is 11.3 Å². The van der Waals surface area contributed by atoms with E-state index in [4.69, 9.17) is 17.0 Å². The lowest BCUT2D eigenvalue weighted by Gasteiger charge is -2.12. The molecule has 19 heavy (non-hydrogen) atoms. The fraction of sp³-hybridized carbons (Fsp3) is 0.250. The molecule has 0 fully saturated rings. The van der Waals surface area contributed by atoms with Gasteiger partial charge in [-0.1, -0.05) is 6.07 Å². The van der Waals surface area contributed by atoms with E-state index in [9.17, 15) is 0 Å². The molecular formula is C12H12N4OS2. The number of aromatic nitrogens is 4. The Labute approximate surface area is 118 Å². The fourth-order valence-electron chi connectivity index (χ4n) is 2.09. The highest BCUT2D eigenvalue weighted by Gasteiger charge is 2.17. The fourth-order valence-corrected chi connectivity index (χ4v) is 3.21. The second-order valence-electron chi connectivity index (χ2n) is 4.07. The molecule has 0 aliphatic carbocycles. The van der Waals surface area contributed by atoms with E-state index in [1.54, 1.807) is 18.4 Å². The lowest BCUT2D eigenvalue weighted by molar-refractivity contribution is 0.401. The molecule has 1 N–H and O–H groups in total. The molecular weight excluding hydrogens is 280 g/mol. The third kappa shape index (κ3) is 1.95. The highest BCUT2D eigenvalue weighted by molar-refractivity contribution is 7.71. The molecule has 3 aromatic heterocycles. The predicted octanol–water partition coefficient (Wildman–Crippen LogP) is 3.17. The van der Waals surface area contributed by atoms with Crippen LogP contribution in [0.4, 0.5) is 0 Å². The topological polar surface area (TPSA) is 55.7 Å². The summed E-state index contributed by atoms with van der Waals surface area (Å²) in [5.74, 6) is 0.508. The van der Waals surface area contributed by atoms with Gasteiger partial charge in [-0.2, -0.15) is 4.98 Å². The van der Waals surface area contributed by atoms with Gasteiger partial charge in [-0.05, 0) is 30.6 Å². The van der Waals surface area contributed by atoms with Crippen molar-refractivity contribution in [2.75, 3.05) is 7.11 Å².